The van der Waals surface area contributed by atoms with Crippen molar-refractivity contribution in [1.82, 2.24) is 10.2 Å². The fourth-order valence-electron chi connectivity index (χ4n) is 2.68. The van der Waals surface area contributed by atoms with Gasteiger partial charge in [-0.25, -0.2) is 0 Å². The number of unbranched alkanes of at least 4 members (excludes halogenated alkanes) is 1. The molecule has 1 rings (SSSR count). The van der Waals surface area contributed by atoms with E-state index in [0.717, 1.165) is 51.3 Å². The molecule has 0 aromatic carbocycles. The van der Waals surface area contributed by atoms with Crippen LogP contribution in [0.4, 0.5) is 0 Å². The molecule has 0 spiro atoms. The van der Waals surface area contributed by atoms with Gasteiger partial charge in [-0.05, 0) is 39.5 Å². The maximum absolute atomic E-state index is 11.8. The lowest BCUT2D eigenvalue weighted by molar-refractivity contribution is -0.149. The Morgan fingerprint density at radius 2 is 1.92 bits per heavy atom. The highest BCUT2D eigenvalue weighted by Gasteiger charge is 2.27. The number of likely N-dealkylation sites (tertiary alicyclic amines) is 1. The smallest absolute Gasteiger partial charge is 0.309 e. The fraction of sp³-hybridized carbons (Fsp3) is 0.824. The third kappa shape index (κ3) is 7.19. The van der Waals surface area contributed by atoms with E-state index in [-0.39, 0.29) is 17.9 Å². The Hall–Kier alpha value is -1.79. The average Bonchev–Trinajstić information content (AvgIpc) is 2.60. The van der Waals surface area contributed by atoms with E-state index >= 15 is 0 Å². The van der Waals surface area contributed by atoms with Crippen molar-refractivity contribution in [2.45, 2.75) is 46.0 Å². The van der Waals surface area contributed by atoms with Crippen molar-refractivity contribution in [2.75, 3.05) is 39.9 Å². The quantitative estimate of drug-likeness (QED) is 0.312. The molecule has 1 heterocycles. The number of rotatable bonds is 8. The van der Waals surface area contributed by atoms with Gasteiger partial charge in [-0.2, -0.15) is 0 Å². The van der Waals surface area contributed by atoms with Crippen LogP contribution >= 0.6 is 0 Å². The van der Waals surface area contributed by atoms with Crippen molar-refractivity contribution in [2.24, 2.45) is 10.9 Å². The van der Waals surface area contributed by atoms with Crippen LogP contribution in [0.15, 0.2) is 4.99 Å². The van der Waals surface area contributed by atoms with Gasteiger partial charge in [0.25, 0.3) is 0 Å². The first-order valence-electron chi connectivity index (χ1n) is 8.89. The molecule has 7 nitrogen and oxygen atoms in total. The van der Waals surface area contributed by atoms with Crippen molar-refractivity contribution >= 4 is 17.9 Å². The molecule has 1 aliphatic rings. The van der Waals surface area contributed by atoms with Gasteiger partial charge >= 0.3 is 11.9 Å². The third-order valence-corrected chi connectivity index (χ3v) is 4.03. The zero-order valence-corrected chi connectivity index (χ0v) is 15.2. The van der Waals surface area contributed by atoms with E-state index in [1.165, 1.54) is 7.11 Å². The molecule has 1 N–H and O–H groups in total. The number of ether oxygens (including phenoxy) is 2. The van der Waals surface area contributed by atoms with E-state index in [1.54, 1.807) is 0 Å². The second kappa shape index (κ2) is 11.7. The molecule has 138 valence electrons. The van der Waals surface area contributed by atoms with Gasteiger partial charge in [-0.15, -0.1) is 0 Å². The van der Waals surface area contributed by atoms with Crippen LogP contribution in [0.25, 0.3) is 0 Å². The summed E-state index contributed by atoms with van der Waals surface area (Å²) >= 11 is 0. The van der Waals surface area contributed by atoms with Crippen molar-refractivity contribution in [3.05, 3.63) is 0 Å². The summed E-state index contributed by atoms with van der Waals surface area (Å²) in [4.78, 5) is 29.7. The monoisotopic (exact) mass is 341 g/mol. The van der Waals surface area contributed by atoms with Crippen LogP contribution in [0.1, 0.15) is 46.0 Å². The molecule has 0 amide bonds. The van der Waals surface area contributed by atoms with Crippen molar-refractivity contribution in [3.63, 3.8) is 0 Å². The van der Waals surface area contributed by atoms with Gasteiger partial charge in [0.1, 0.15) is 0 Å². The molecule has 0 unspecified atom stereocenters. The third-order valence-electron chi connectivity index (χ3n) is 4.03. The minimum absolute atomic E-state index is 0.00383. The van der Waals surface area contributed by atoms with Gasteiger partial charge in [0.2, 0.25) is 0 Å². The molecular formula is C17H31N3O4. The molecule has 0 radical (unpaired) electrons. The summed E-state index contributed by atoms with van der Waals surface area (Å²) < 4.78 is 9.73. The molecule has 7 heteroatoms. The average molecular weight is 341 g/mol. The number of hydrogen-bond acceptors (Lipinski definition) is 5. The number of carbonyl (C=O) groups is 2. The molecule has 0 bridgehead atoms. The summed E-state index contributed by atoms with van der Waals surface area (Å²) in [6, 6.07) is 0. The number of methoxy groups -OCH3 is 1. The summed E-state index contributed by atoms with van der Waals surface area (Å²) in [6.07, 6.45) is 3.66. The molecule has 1 saturated heterocycles. The number of piperidine rings is 1. The molecule has 24 heavy (non-hydrogen) atoms. The van der Waals surface area contributed by atoms with Crippen LogP contribution in [0.5, 0.6) is 0 Å². The summed E-state index contributed by atoms with van der Waals surface area (Å²) in [5, 5.41) is 3.30. The molecule has 0 atom stereocenters. The molecular weight excluding hydrogens is 310 g/mol. The van der Waals surface area contributed by atoms with Crippen LogP contribution in [-0.4, -0.2) is 62.7 Å². The molecule has 1 fully saturated rings. The molecule has 1 aliphatic heterocycles. The predicted octanol–water partition coefficient (Wildman–Crippen LogP) is 1.57. The maximum Gasteiger partial charge on any atom is 0.309 e. The highest BCUT2D eigenvalue weighted by atomic mass is 16.5. The second-order valence-electron chi connectivity index (χ2n) is 5.78. The molecule has 0 aromatic heterocycles. The van der Waals surface area contributed by atoms with Crippen LogP contribution in [0.2, 0.25) is 0 Å². The number of nitrogens with one attached hydrogen (secondary N) is 1. The van der Waals surface area contributed by atoms with Crippen LogP contribution in [0.3, 0.4) is 0 Å². The van der Waals surface area contributed by atoms with E-state index in [0.29, 0.717) is 19.6 Å². The summed E-state index contributed by atoms with van der Waals surface area (Å²) in [7, 11) is 1.41. The van der Waals surface area contributed by atoms with Crippen molar-refractivity contribution < 1.29 is 19.1 Å². The normalized spacial score (nSPS) is 16.0. The van der Waals surface area contributed by atoms with Gasteiger partial charge in [-0.1, -0.05) is 0 Å². The zero-order chi connectivity index (χ0) is 17.8. The van der Waals surface area contributed by atoms with E-state index in [1.807, 2.05) is 13.8 Å². The Labute approximate surface area is 144 Å². The predicted molar refractivity (Wildman–Crippen MR) is 92.8 cm³/mol. The van der Waals surface area contributed by atoms with Crippen molar-refractivity contribution in [1.29, 1.82) is 0 Å². The van der Waals surface area contributed by atoms with Crippen molar-refractivity contribution in [3.8, 4) is 0 Å². The first-order chi connectivity index (χ1) is 11.6. The molecule has 0 aliphatic carbocycles. The van der Waals surface area contributed by atoms with Gasteiger partial charge in [0.15, 0.2) is 5.96 Å². The summed E-state index contributed by atoms with van der Waals surface area (Å²) in [5.41, 5.74) is 0. The largest absolute Gasteiger partial charge is 0.469 e. The fourth-order valence-corrected chi connectivity index (χ4v) is 2.68. The Bertz CT molecular complexity index is 418. The highest BCUT2D eigenvalue weighted by molar-refractivity contribution is 5.80. The van der Waals surface area contributed by atoms with Crippen LogP contribution in [-0.2, 0) is 19.1 Å². The maximum atomic E-state index is 11.8. The lowest BCUT2D eigenvalue weighted by Crippen LogP contribution is -2.46. The minimum Gasteiger partial charge on any atom is -0.469 e. The van der Waals surface area contributed by atoms with Gasteiger partial charge in [0.05, 0.1) is 19.6 Å². The summed E-state index contributed by atoms with van der Waals surface area (Å²) in [6.45, 7) is 7.40. The topological polar surface area (TPSA) is 80.2 Å². The Morgan fingerprint density at radius 1 is 1.21 bits per heavy atom. The van der Waals surface area contributed by atoms with Crippen LogP contribution in [0, 0.1) is 5.92 Å². The zero-order valence-electron chi connectivity index (χ0n) is 15.2. The van der Waals surface area contributed by atoms with Gasteiger partial charge in [-0.3, -0.25) is 14.6 Å². The number of guanidine groups is 1. The first kappa shape index (κ1) is 20.3. The van der Waals surface area contributed by atoms with Gasteiger partial charge in [0, 0.05) is 32.6 Å². The van der Waals surface area contributed by atoms with E-state index < -0.39 is 0 Å². The SMILES string of the molecule is CCNC(=NCCCCC(=O)OC)N1CCC(C(=O)OCC)CC1. The second-order valence-corrected chi connectivity index (χ2v) is 5.78. The lowest BCUT2D eigenvalue weighted by atomic mass is 9.97. The Balaban J connectivity index is 2.40. The number of aliphatic imine (C=N–C) groups is 1. The lowest BCUT2D eigenvalue weighted by Gasteiger charge is -2.33. The minimum atomic E-state index is -0.174. The number of hydrogen-bond donors (Lipinski definition) is 1. The Kier molecular flexibility index (Phi) is 9.88. The number of carbonyl (C=O) groups excluding carboxylic acids is 2. The van der Waals surface area contributed by atoms with Crippen LogP contribution < -0.4 is 5.32 Å². The Morgan fingerprint density at radius 3 is 2.50 bits per heavy atom. The molecule has 0 aromatic rings. The number of nitrogens with zero attached hydrogens (tertiary/aromatic N) is 2. The number of esters is 2. The van der Waals surface area contributed by atoms with E-state index in [2.05, 4.69) is 19.9 Å². The molecule has 0 saturated carbocycles. The van der Waals surface area contributed by atoms with E-state index in [4.69, 9.17) is 4.74 Å². The summed E-state index contributed by atoms with van der Waals surface area (Å²) in [5.74, 6) is 0.635. The first-order valence-corrected chi connectivity index (χ1v) is 8.89. The highest BCUT2D eigenvalue weighted by Crippen LogP contribution is 2.18. The standard InChI is InChI=1S/C17H31N3O4/c1-4-18-17(19-11-7-6-8-15(21)23-3)20-12-9-14(10-13-20)16(22)24-5-2/h14H,4-13H2,1-3H3,(H,18,19). The van der Waals surface area contributed by atoms with E-state index in [9.17, 15) is 9.59 Å². The van der Waals surface area contributed by atoms with Gasteiger partial charge < -0.3 is 19.7 Å².